The molecule has 0 bridgehead atoms. The first-order valence-electron chi connectivity index (χ1n) is 1.57. The molecule has 4 heteroatoms. The average Bonchev–Trinajstić information content (AvgIpc) is 2.06. The van der Waals surface area contributed by atoms with Crippen molar-refractivity contribution in [2.45, 2.75) is 5.85 Å². The molecule has 1 aliphatic rings. The van der Waals surface area contributed by atoms with Gasteiger partial charge in [0.2, 0.25) is 0 Å². The van der Waals surface area contributed by atoms with Crippen LogP contribution in [-0.4, -0.2) is 17.3 Å². The zero-order valence-electron chi connectivity index (χ0n) is 3.00. The summed E-state index contributed by atoms with van der Waals surface area (Å²) in [6.45, 7) is 0.464. The van der Waals surface area contributed by atoms with E-state index in [-0.39, 0.29) is 5.85 Å². The zero-order chi connectivity index (χ0) is 4.57. The zero-order valence-corrected chi connectivity index (χ0v) is 3.89. The van der Waals surface area contributed by atoms with Crippen LogP contribution < -0.4 is 0 Å². The molecule has 0 aliphatic carbocycles. The predicted molar refractivity (Wildman–Crippen MR) is 19.6 cm³/mol. The van der Waals surface area contributed by atoms with E-state index in [0.717, 1.165) is 0 Å². The number of hydrogen-bond acceptors (Lipinski definition) is 2. The van der Waals surface area contributed by atoms with E-state index < -0.39 is 8.03 Å². The average molecular weight is 107 g/mol. The highest BCUT2D eigenvalue weighted by molar-refractivity contribution is 7.39. The Bertz CT molecular complexity index is 76.9. The van der Waals surface area contributed by atoms with Crippen LogP contribution in [0.15, 0.2) is 0 Å². The van der Waals surface area contributed by atoms with Crippen LogP contribution in [-0.2, 0) is 9.30 Å². The van der Waals surface area contributed by atoms with Crippen LogP contribution in [0.4, 0.5) is 0 Å². The molecule has 0 aromatic carbocycles. The van der Waals surface area contributed by atoms with Gasteiger partial charge in [0.1, 0.15) is 6.61 Å². The Kier molecular flexibility index (Phi) is 0.880. The van der Waals surface area contributed by atoms with Crippen molar-refractivity contribution in [2.75, 3.05) is 6.61 Å². The van der Waals surface area contributed by atoms with Gasteiger partial charge in [-0.05, 0) is 4.57 Å². The van der Waals surface area contributed by atoms with E-state index in [9.17, 15) is 4.57 Å². The van der Waals surface area contributed by atoms with Crippen LogP contribution in [0.1, 0.15) is 0 Å². The van der Waals surface area contributed by atoms with Gasteiger partial charge in [-0.2, -0.15) is 4.89 Å². The summed E-state index contributed by atoms with van der Waals surface area (Å²) in [5.41, 5.74) is 0. The van der Waals surface area contributed by atoms with E-state index in [1.54, 1.807) is 0 Å². The summed E-state index contributed by atoms with van der Waals surface area (Å²) in [5.74, 6) is -0.333. The summed E-state index contributed by atoms with van der Waals surface area (Å²) in [6, 6.07) is 0. The molecule has 2 unspecified atom stereocenters. The molecule has 1 saturated heterocycles. The molecule has 0 aromatic rings. The minimum atomic E-state index is -2.02. The normalized spacial score (nSPS) is 32.8. The third kappa shape index (κ3) is 0.744. The lowest BCUT2D eigenvalue weighted by Crippen LogP contribution is -1.67. The molecule has 2 atom stereocenters. The summed E-state index contributed by atoms with van der Waals surface area (Å²) < 4.78 is 14.2. The second kappa shape index (κ2) is 1.26. The molecule has 1 rings (SSSR count). The molecule has 0 amide bonds. The van der Waals surface area contributed by atoms with Crippen molar-refractivity contribution in [1.82, 2.24) is 0 Å². The van der Waals surface area contributed by atoms with E-state index >= 15 is 0 Å². The highest BCUT2D eigenvalue weighted by Gasteiger charge is 2.42. The Morgan fingerprint density at radius 3 is 2.50 bits per heavy atom. The molecule has 0 saturated carbocycles. The first-order valence-corrected chi connectivity index (χ1v) is 2.85. The van der Waals surface area contributed by atoms with E-state index in [1.165, 1.54) is 0 Å². The predicted octanol–water partition coefficient (Wildman–Crippen LogP) is 0.0774. The molecule has 1 N–H and O–H groups in total. The molecule has 6 heavy (non-hydrogen) atoms. The Balaban J connectivity index is 2.31. The Hall–Kier alpha value is 0.0200. The lowest BCUT2D eigenvalue weighted by molar-refractivity contribution is 0.423. The fourth-order valence-electron chi connectivity index (χ4n) is 0.171. The summed E-state index contributed by atoms with van der Waals surface area (Å²) in [5, 5.41) is 0. The Morgan fingerprint density at radius 2 is 2.50 bits per heavy atom. The topological polar surface area (TPSA) is 49.8 Å². The smallest absolute Gasteiger partial charge is 0.323 e. The minimum absolute atomic E-state index is 0.333. The first kappa shape index (κ1) is 4.19. The number of epoxide rings is 1. The third-order valence-electron chi connectivity index (χ3n) is 0.562. The van der Waals surface area contributed by atoms with Gasteiger partial charge >= 0.3 is 13.9 Å². The van der Waals surface area contributed by atoms with Gasteiger partial charge in [0.15, 0.2) is 0 Å². The highest BCUT2D eigenvalue weighted by Crippen LogP contribution is 2.32. The minimum Gasteiger partial charge on any atom is -0.323 e. The number of hydrogen-bond donors (Lipinski definition) is 1. The van der Waals surface area contributed by atoms with Gasteiger partial charge in [0.25, 0.3) is 0 Å². The second-order valence-electron chi connectivity index (χ2n) is 1.09. The molecule has 1 heterocycles. The van der Waals surface area contributed by atoms with E-state index in [2.05, 4.69) is 4.74 Å². The molecule has 34 valence electrons. The van der Waals surface area contributed by atoms with Crippen LogP contribution in [0.2, 0.25) is 0 Å². The monoisotopic (exact) mass is 107 g/mol. The van der Waals surface area contributed by atoms with Gasteiger partial charge in [0.05, 0.1) is 0 Å². The summed E-state index contributed by atoms with van der Waals surface area (Å²) in [4.78, 5) is 8.08. The Labute approximate surface area is 35.8 Å². The van der Waals surface area contributed by atoms with Crippen molar-refractivity contribution in [3.8, 4) is 0 Å². The molecular weight excluding hydrogens is 103 g/mol. The molecule has 1 fully saturated rings. The van der Waals surface area contributed by atoms with E-state index in [4.69, 9.17) is 4.89 Å². The lowest BCUT2D eigenvalue weighted by Gasteiger charge is -1.53. The van der Waals surface area contributed by atoms with Crippen LogP contribution in [0.5, 0.6) is 0 Å². The fraction of sp³-hybridized carbons (Fsp3) is 1.00. The van der Waals surface area contributed by atoms with Crippen molar-refractivity contribution in [2.24, 2.45) is 0 Å². The van der Waals surface area contributed by atoms with Gasteiger partial charge in [-0.1, -0.05) is 0 Å². The van der Waals surface area contributed by atoms with E-state index in [1.807, 2.05) is 0 Å². The third-order valence-corrected chi connectivity index (χ3v) is 1.35. The lowest BCUT2D eigenvalue weighted by atomic mass is 11.0. The van der Waals surface area contributed by atoms with Crippen molar-refractivity contribution < 1.29 is 14.2 Å². The van der Waals surface area contributed by atoms with Gasteiger partial charge in [0, 0.05) is 0 Å². The van der Waals surface area contributed by atoms with Gasteiger partial charge in [-0.3, -0.25) is 0 Å². The second-order valence-corrected chi connectivity index (χ2v) is 2.27. The van der Waals surface area contributed by atoms with Crippen molar-refractivity contribution in [1.29, 1.82) is 0 Å². The van der Waals surface area contributed by atoms with Gasteiger partial charge in [-0.15, -0.1) is 0 Å². The van der Waals surface area contributed by atoms with Crippen molar-refractivity contribution in [3.63, 3.8) is 0 Å². The van der Waals surface area contributed by atoms with Crippen LogP contribution in [0.3, 0.4) is 0 Å². The Morgan fingerprint density at radius 1 is 2.00 bits per heavy atom. The fourth-order valence-corrected chi connectivity index (χ4v) is 0.512. The van der Waals surface area contributed by atoms with Crippen molar-refractivity contribution in [3.05, 3.63) is 0 Å². The van der Waals surface area contributed by atoms with E-state index in [0.29, 0.717) is 6.61 Å². The van der Waals surface area contributed by atoms with Crippen LogP contribution in [0, 0.1) is 0 Å². The summed E-state index contributed by atoms with van der Waals surface area (Å²) in [6.07, 6.45) is 0. The highest BCUT2D eigenvalue weighted by atomic mass is 31.1. The largest absolute Gasteiger partial charge is 0.540 e. The maximum absolute atomic E-state index is 9.78. The molecule has 1 aliphatic heterocycles. The van der Waals surface area contributed by atoms with Crippen molar-refractivity contribution >= 4 is 8.03 Å². The molecule has 3 nitrogen and oxygen atoms in total. The van der Waals surface area contributed by atoms with Gasteiger partial charge < -0.3 is 4.74 Å². The maximum atomic E-state index is 9.78. The SMILES string of the molecule is O=[P+](O)C1CO1. The maximum Gasteiger partial charge on any atom is 0.540 e. The summed E-state index contributed by atoms with van der Waals surface area (Å²) in [7, 11) is -2.02. The van der Waals surface area contributed by atoms with Gasteiger partial charge in [-0.25, -0.2) is 0 Å². The molecule has 0 spiro atoms. The summed E-state index contributed by atoms with van der Waals surface area (Å²) >= 11 is 0. The molecule has 0 radical (unpaired) electrons. The quantitative estimate of drug-likeness (QED) is 0.381. The molecule has 0 aromatic heterocycles. The van der Waals surface area contributed by atoms with Crippen LogP contribution in [0.25, 0.3) is 0 Å². The first-order chi connectivity index (χ1) is 2.80. The molecular formula is C2H4O3P+. The standard InChI is InChI=1S/C2H3O3P/c3-6(4)2-1-5-2/h2H,1H2/p+1. The number of ether oxygens (including phenoxy) is 1. The van der Waals surface area contributed by atoms with Crippen LogP contribution >= 0.6 is 8.03 Å². The number of rotatable bonds is 1.